The number of hydrogen-bond donors (Lipinski definition) is 1. The van der Waals surface area contributed by atoms with Crippen molar-refractivity contribution in [3.8, 4) is 0 Å². The van der Waals surface area contributed by atoms with Crippen molar-refractivity contribution >= 4 is 15.9 Å². The topological polar surface area (TPSA) is 43.8 Å². The highest BCUT2D eigenvalue weighted by Crippen LogP contribution is 2.21. The monoisotopic (exact) mass is 297 g/mol. The zero-order chi connectivity index (χ0) is 12.3. The molecule has 5 heteroatoms. The van der Waals surface area contributed by atoms with E-state index in [1.165, 1.54) is 6.07 Å². The molecule has 1 aromatic carbocycles. The molecule has 1 heterocycles. The molecule has 0 aliphatic heterocycles. The highest BCUT2D eigenvalue weighted by Gasteiger charge is 2.06. The van der Waals surface area contributed by atoms with Crippen LogP contribution < -0.4 is 5.73 Å². The van der Waals surface area contributed by atoms with Gasteiger partial charge in [0.1, 0.15) is 5.82 Å². The average Bonchev–Trinajstić information content (AvgIpc) is 2.73. The molecule has 0 saturated heterocycles. The number of halogens is 2. The number of aromatic nitrogens is 2. The van der Waals surface area contributed by atoms with Gasteiger partial charge in [-0.05, 0) is 46.1 Å². The fourth-order valence-corrected chi connectivity index (χ4v) is 2.02. The molecule has 0 atom stereocenters. The van der Waals surface area contributed by atoms with Crippen molar-refractivity contribution in [3.63, 3.8) is 0 Å². The smallest absolute Gasteiger partial charge is 0.137 e. The minimum absolute atomic E-state index is 0.253. The van der Waals surface area contributed by atoms with E-state index in [9.17, 15) is 4.39 Å². The number of benzene rings is 1. The molecule has 0 fully saturated rings. The minimum Gasteiger partial charge on any atom is -0.330 e. The third-order valence-electron chi connectivity index (χ3n) is 2.48. The summed E-state index contributed by atoms with van der Waals surface area (Å²) in [5, 5.41) is 4.22. The maximum Gasteiger partial charge on any atom is 0.137 e. The van der Waals surface area contributed by atoms with Crippen LogP contribution in [0.25, 0.3) is 0 Å². The van der Waals surface area contributed by atoms with Crippen molar-refractivity contribution in [2.24, 2.45) is 5.73 Å². The first-order chi connectivity index (χ1) is 8.20. The van der Waals surface area contributed by atoms with Gasteiger partial charge in [0.05, 0.1) is 17.2 Å². The first kappa shape index (κ1) is 12.3. The van der Waals surface area contributed by atoms with Gasteiger partial charge in [-0.25, -0.2) is 4.39 Å². The summed E-state index contributed by atoms with van der Waals surface area (Å²) < 4.78 is 15.6. The van der Waals surface area contributed by atoms with Gasteiger partial charge in [0.2, 0.25) is 0 Å². The average molecular weight is 298 g/mol. The van der Waals surface area contributed by atoms with Crippen LogP contribution in [-0.2, 0) is 13.0 Å². The molecular formula is C12H13BrFN3. The maximum absolute atomic E-state index is 13.3. The van der Waals surface area contributed by atoms with Crippen LogP contribution >= 0.6 is 15.9 Å². The zero-order valence-corrected chi connectivity index (χ0v) is 10.8. The summed E-state index contributed by atoms with van der Waals surface area (Å²) in [5.41, 5.74) is 7.44. The molecule has 3 nitrogen and oxygen atoms in total. The molecule has 0 radical (unpaired) electrons. The van der Waals surface area contributed by atoms with Crippen molar-refractivity contribution in [2.45, 2.75) is 13.0 Å². The Morgan fingerprint density at radius 3 is 3.00 bits per heavy atom. The van der Waals surface area contributed by atoms with Crippen LogP contribution in [0.15, 0.2) is 35.1 Å². The molecule has 0 saturated carbocycles. The molecule has 2 rings (SSSR count). The van der Waals surface area contributed by atoms with Crippen LogP contribution in [0.4, 0.5) is 4.39 Å². The third-order valence-corrected chi connectivity index (χ3v) is 3.37. The maximum atomic E-state index is 13.3. The largest absolute Gasteiger partial charge is 0.330 e. The molecule has 0 aliphatic rings. The predicted molar refractivity (Wildman–Crippen MR) is 68.2 cm³/mol. The lowest BCUT2D eigenvalue weighted by atomic mass is 10.2. The Morgan fingerprint density at radius 2 is 2.24 bits per heavy atom. The van der Waals surface area contributed by atoms with Gasteiger partial charge in [0.15, 0.2) is 0 Å². The summed E-state index contributed by atoms with van der Waals surface area (Å²) in [6, 6.07) is 4.99. The van der Waals surface area contributed by atoms with E-state index < -0.39 is 0 Å². The van der Waals surface area contributed by atoms with Crippen LogP contribution in [-0.4, -0.2) is 16.3 Å². The predicted octanol–water partition coefficient (Wildman–Crippen LogP) is 2.33. The Morgan fingerprint density at radius 1 is 1.41 bits per heavy atom. The van der Waals surface area contributed by atoms with Crippen molar-refractivity contribution < 1.29 is 4.39 Å². The first-order valence-electron chi connectivity index (χ1n) is 5.35. The molecule has 0 amide bonds. The van der Waals surface area contributed by atoms with Crippen LogP contribution in [0.1, 0.15) is 11.1 Å². The number of hydrogen-bond acceptors (Lipinski definition) is 2. The van der Waals surface area contributed by atoms with Crippen LogP contribution in [0.2, 0.25) is 0 Å². The molecule has 0 bridgehead atoms. The van der Waals surface area contributed by atoms with E-state index in [1.54, 1.807) is 16.9 Å². The Bertz CT molecular complexity index is 510. The summed E-state index contributed by atoms with van der Waals surface area (Å²) in [5.74, 6) is -0.253. The summed E-state index contributed by atoms with van der Waals surface area (Å²) in [7, 11) is 0. The molecule has 0 spiro atoms. The van der Waals surface area contributed by atoms with E-state index in [2.05, 4.69) is 21.0 Å². The number of rotatable bonds is 4. The van der Waals surface area contributed by atoms with Crippen LogP contribution in [0.5, 0.6) is 0 Å². The van der Waals surface area contributed by atoms with Crippen LogP contribution in [0.3, 0.4) is 0 Å². The lowest BCUT2D eigenvalue weighted by Gasteiger charge is -2.05. The van der Waals surface area contributed by atoms with Gasteiger partial charge >= 0.3 is 0 Å². The van der Waals surface area contributed by atoms with Gasteiger partial charge in [-0.2, -0.15) is 5.10 Å². The van der Waals surface area contributed by atoms with Crippen molar-refractivity contribution in [1.29, 1.82) is 0 Å². The standard InChI is InChI=1S/C12H13BrFN3/c13-12-10(2-1-3-11(12)14)8-17-7-9(4-5-15)6-16-17/h1-3,6-7H,4-5,8,15H2. The van der Waals surface area contributed by atoms with E-state index in [0.29, 0.717) is 17.6 Å². The highest BCUT2D eigenvalue weighted by molar-refractivity contribution is 9.10. The molecule has 0 aliphatic carbocycles. The lowest BCUT2D eigenvalue weighted by Crippen LogP contribution is -2.03. The molecule has 2 N–H and O–H groups in total. The lowest BCUT2D eigenvalue weighted by molar-refractivity contribution is 0.611. The quantitative estimate of drug-likeness (QED) is 0.941. The fourth-order valence-electron chi connectivity index (χ4n) is 1.63. The highest BCUT2D eigenvalue weighted by atomic mass is 79.9. The van der Waals surface area contributed by atoms with Gasteiger partial charge in [-0.3, -0.25) is 4.68 Å². The molecule has 17 heavy (non-hydrogen) atoms. The normalized spacial score (nSPS) is 10.8. The van der Waals surface area contributed by atoms with Crippen molar-refractivity contribution in [2.75, 3.05) is 6.54 Å². The Hall–Kier alpha value is -1.20. The second-order valence-corrected chi connectivity index (χ2v) is 4.59. The zero-order valence-electron chi connectivity index (χ0n) is 9.24. The summed E-state index contributed by atoms with van der Waals surface area (Å²) in [6.07, 6.45) is 4.54. The summed E-state index contributed by atoms with van der Waals surface area (Å²) in [4.78, 5) is 0. The van der Waals surface area contributed by atoms with E-state index in [-0.39, 0.29) is 5.82 Å². The van der Waals surface area contributed by atoms with E-state index in [0.717, 1.165) is 17.5 Å². The molecule has 2 aromatic rings. The Kier molecular flexibility index (Phi) is 3.91. The van der Waals surface area contributed by atoms with Gasteiger partial charge < -0.3 is 5.73 Å². The van der Waals surface area contributed by atoms with Gasteiger partial charge in [-0.1, -0.05) is 12.1 Å². The SMILES string of the molecule is NCCc1cnn(Cc2cccc(F)c2Br)c1. The van der Waals surface area contributed by atoms with Crippen molar-refractivity contribution in [3.05, 3.63) is 52.0 Å². The fraction of sp³-hybridized carbons (Fsp3) is 0.250. The van der Waals surface area contributed by atoms with E-state index >= 15 is 0 Å². The van der Waals surface area contributed by atoms with Gasteiger partial charge in [0, 0.05) is 6.20 Å². The third kappa shape index (κ3) is 2.92. The van der Waals surface area contributed by atoms with Gasteiger partial charge in [-0.15, -0.1) is 0 Å². The van der Waals surface area contributed by atoms with E-state index in [1.807, 2.05) is 12.3 Å². The molecule has 90 valence electrons. The summed E-state index contributed by atoms with van der Waals surface area (Å²) in [6.45, 7) is 1.15. The minimum atomic E-state index is -0.253. The molecule has 0 unspecified atom stereocenters. The van der Waals surface area contributed by atoms with Crippen molar-refractivity contribution in [1.82, 2.24) is 9.78 Å². The van der Waals surface area contributed by atoms with E-state index in [4.69, 9.17) is 5.73 Å². The number of nitrogens with zero attached hydrogens (tertiary/aromatic N) is 2. The number of nitrogens with two attached hydrogens (primary N) is 1. The Balaban J connectivity index is 2.16. The second-order valence-electron chi connectivity index (χ2n) is 3.80. The Labute approximate surface area is 108 Å². The second kappa shape index (κ2) is 5.42. The molecular weight excluding hydrogens is 285 g/mol. The van der Waals surface area contributed by atoms with Gasteiger partial charge in [0.25, 0.3) is 0 Å². The molecule has 1 aromatic heterocycles. The van der Waals surface area contributed by atoms with Crippen LogP contribution in [0, 0.1) is 5.82 Å². The summed E-state index contributed by atoms with van der Waals surface area (Å²) >= 11 is 3.24. The first-order valence-corrected chi connectivity index (χ1v) is 6.14.